The van der Waals surface area contributed by atoms with Crippen molar-refractivity contribution in [3.05, 3.63) is 70.9 Å². The molecule has 0 aliphatic carbocycles. The number of ether oxygens (including phenoxy) is 2. The lowest BCUT2D eigenvalue weighted by atomic mass is 10.1. The van der Waals surface area contributed by atoms with Gasteiger partial charge < -0.3 is 19.0 Å². The number of hydrogen-bond acceptors (Lipinski definition) is 5. The second-order valence-electron chi connectivity index (χ2n) is 6.60. The molecule has 1 unspecified atom stereocenters. The minimum absolute atomic E-state index is 0.225. The van der Waals surface area contributed by atoms with E-state index in [4.69, 9.17) is 25.5 Å². The normalized spacial score (nSPS) is 13.9. The predicted octanol–water partition coefficient (Wildman–Crippen LogP) is 4.49. The Labute approximate surface area is 162 Å². The van der Waals surface area contributed by atoms with Gasteiger partial charge in [-0.05, 0) is 61.1 Å². The summed E-state index contributed by atoms with van der Waals surface area (Å²) in [6, 6.07) is 16.9. The maximum Gasteiger partial charge on any atom is 0.231 e. The van der Waals surface area contributed by atoms with Gasteiger partial charge in [-0.2, -0.15) is 0 Å². The molecule has 5 nitrogen and oxygen atoms in total. The molecular formula is C21H20ClNO4. The van der Waals surface area contributed by atoms with Gasteiger partial charge in [-0.25, -0.2) is 0 Å². The zero-order valence-corrected chi connectivity index (χ0v) is 15.6. The fourth-order valence-electron chi connectivity index (χ4n) is 3.08. The summed E-state index contributed by atoms with van der Waals surface area (Å²) in [6.45, 7) is 1.29. The van der Waals surface area contributed by atoms with Crippen molar-refractivity contribution in [2.75, 3.05) is 20.4 Å². The smallest absolute Gasteiger partial charge is 0.231 e. The SMILES string of the molecule is CN(Cc1ccc(-c2ccc(Cl)cc2)o1)CC(O)c1ccc2c(c1)OCO2. The topological polar surface area (TPSA) is 55.1 Å². The molecule has 1 atom stereocenters. The minimum atomic E-state index is -0.629. The molecule has 4 rings (SSSR count). The summed E-state index contributed by atoms with van der Waals surface area (Å²) in [5.74, 6) is 3.02. The van der Waals surface area contributed by atoms with E-state index in [1.165, 1.54) is 0 Å². The first-order valence-electron chi connectivity index (χ1n) is 8.69. The third kappa shape index (κ3) is 4.11. The molecule has 3 aromatic rings. The van der Waals surface area contributed by atoms with E-state index in [1.807, 2.05) is 66.5 Å². The summed E-state index contributed by atoms with van der Waals surface area (Å²) < 4.78 is 16.6. The molecule has 0 spiro atoms. The van der Waals surface area contributed by atoms with Crippen LogP contribution in [-0.2, 0) is 6.54 Å². The number of hydrogen-bond donors (Lipinski definition) is 1. The molecule has 1 aromatic heterocycles. The molecule has 0 bridgehead atoms. The number of furan rings is 1. The molecule has 1 N–H and O–H groups in total. The summed E-state index contributed by atoms with van der Waals surface area (Å²) >= 11 is 5.93. The number of aliphatic hydroxyl groups excluding tert-OH is 1. The quantitative estimate of drug-likeness (QED) is 0.677. The Morgan fingerprint density at radius 2 is 1.81 bits per heavy atom. The highest BCUT2D eigenvalue weighted by Crippen LogP contribution is 2.34. The van der Waals surface area contributed by atoms with Gasteiger partial charge in [0.25, 0.3) is 0 Å². The molecule has 0 fully saturated rings. The van der Waals surface area contributed by atoms with Crippen LogP contribution in [0.4, 0.5) is 0 Å². The zero-order valence-electron chi connectivity index (χ0n) is 14.9. The second kappa shape index (κ2) is 7.64. The molecule has 6 heteroatoms. The number of rotatable bonds is 6. The summed E-state index contributed by atoms with van der Waals surface area (Å²) in [5.41, 5.74) is 1.78. The monoisotopic (exact) mass is 385 g/mol. The van der Waals surface area contributed by atoms with Crippen molar-refractivity contribution in [1.29, 1.82) is 0 Å². The van der Waals surface area contributed by atoms with Crippen molar-refractivity contribution in [1.82, 2.24) is 4.90 Å². The minimum Gasteiger partial charge on any atom is -0.460 e. The molecule has 2 aromatic carbocycles. The molecule has 0 saturated heterocycles. The standard InChI is InChI=1S/C21H20ClNO4/c1-23(12-18(24)15-4-8-20-21(10-15)26-13-25-20)11-17-7-9-19(27-17)14-2-5-16(22)6-3-14/h2-10,18,24H,11-13H2,1H3. The predicted molar refractivity (Wildman–Crippen MR) is 103 cm³/mol. The number of aliphatic hydroxyl groups is 1. The van der Waals surface area contributed by atoms with Gasteiger partial charge in [-0.3, -0.25) is 4.90 Å². The average Bonchev–Trinajstić information content (AvgIpc) is 3.30. The Morgan fingerprint density at radius 1 is 1.04 bits per heavy atom. The Morgan fingerprint density at radius 3 is 2.63 bits per heavy atom. The van der Waals surface area contributed by atoms with Gasteiger partial charge in [-0.15, -0.1) is 0 Å². The lowest BCUT2D eigenvalue weighted by molar-refractivity contribution is 0.120. The first-order chi connectivity index (χ1) is 13.1. The van der Waals surface area contributed by atoms with Crippen molar-refractivity contribution in [2.45, 2.75) is 12.6 Å². The number of fused-ring (bicyclic) bond motifs is 1. The number of benzene rings is 2. The fourth-order valence-corrected chi connectivity index (χ4v) is 3.21. The first-order valence-corrected chi connectivity index (χ1v) is 9.07. The van der Waals surface area contributed by atoms with Crippen LogP contribution >= 0.6 is 11.6 Å². The van der Waals surface area contributed by atoms with E-state index in [1.54, 1.807) is 0 Å². The van der Waals surface area contributed by atoms with E-state index in [9.17, 15) is 5.11 Å². The van der Waals surface area contributed by atoms with E-state index in [2.05, 4.69) is 0 Å². The Balaban J connectivity index is 1.38. The summed E-state index contributed by atoms with van der Waals surface area (Å²) in [6.07, 6.45) is -0.629. The van der Waals surface area contributed by atoms with Crippen LogP contribution in [0.3, 0.4) is 0 Å². The van der Waals surface area contributed by atoms with Gasteiger partial charge in [0.15, 0.2) is 11.5 Å². The van der Waals surface area contributed by atoms with Crippen LogP contribution in [0, 0.1) is 0 Å². The lowest BCUT2D eigenvalue weighted by Crippen LogP contribution is -2.24. The van der Waals surface area contributed by atoms with Crippen LogP contribution in [-0.4, -0.2) is 30.4 Å². The summed E-state index contributed by atoms with van der Waals surface area (Å²) in [7, 11) is 1.95. The number of likely N-dealkylation sites (N-methyl/N-ethyl adjacent to an activating group) is 1. The van der Waals surface area contributed by atoms with Gasteiger partial charge in [0.1, 0.15) is 11.5 Å². The van der Waals surface area contributed by atoms with Crippen molar-refractivity contribution in [2.24, 2.45) is 0 Å². The van der Waals surface area contributed by atoms with E-state index in [-0.39, 0.29) is 6.79 Å². The van der Waals surface area contributed by atoms with E-state index < -0.39 is 6.10 Å². The molecule has 2 heterocycles. The Hall–Kier alpha value is -2.47. The average molecular weight is 386 g/mol. The van der Waals surface area contributed by atoms with Gasteiger partial charge in [0, 0.05) is 17.1 Å². The summed E-state index contributed by atoms with van der Waals surface area (Å²) in [4.78, 5) is 2.01. The van der Waals surface area contributed by atoms with Gasteiger partial charge >= 0.3 is 0 Å². The van der Waals surface area contributed by atoms with Crippen LogP contribution < -0.4 is 9.47 Å². The van der Waals surface area contributed by atoms with Gasteiger partial charge in [-0.1, -0.05) is 17.7 Å². The van der Waals surface area contributed by atoms with Crippen LogP contribution in [0.15, 0.2) is 59.0 Å². The maximum atomic E-state index is 10.5. The van der Waals surface area contributed by atoms with Crippen molar-refractivity contribution in [3.63, 3.8) is 0 Å². The molecule has 0 radical (unpaired) electrons. The molecule has 140 valence electrons. The van der Waals surface area contributed by atoms with E-state index >= 15 is 0 Å². The number of nitrogens with zero attached hydrogens (tertiary/aromatic N) is 1. The zero-order chi connectivity index (χ0) is 18.8. The van der Waals surface area contributed by atoms with Crippen molar-refractivity contribution in [3.8, 4) is 22.8 Å². The van der Waals surface area contributed by atoms with Crippen molar-refractivity contribution >= 4 is 11.6 Å². The third-order valence-electron chi connectivity index (χ3n) is 4.48. The molecule has 1 aliphatic rings. The van der Waals surface area contributed by atoms with Crippen LogP contribution in [0.5, 0.6) is 11.5 Å². The van der Waals surface area contributed by atoms with E-state index in [0.29, 0.717) is 29.6 Å². The molecular weight excluding hydrogens is 366 g/mol. The van der Waals surface area contributed by atoms with Crippen LogP contribution in [0.25, 0.3) is 11.3 Å². The Kier molecular flexibility index (Phi) is 5.07. The maximum absolute atomic E-state index is 10.5. The number of halogens is 1. The van der Waals surface area contributed by atoms with Gasteiger partial charge in [0.05, 0.1) is 12.6 Å². The molecule has 0 amide bonds. The third-order valence-corrected chi connectivity index (χ3v) is 4.73. The molecule has 1 aliphatic heterocycles. The van der Waals surface area contributed by atoms with Crippen LogP contribution in [0.1, 0.15) is 17.4 Å². The molecule has 0 saturated carbocycles. The van der Waals surface area contributed by atoms with E-state index in [0.717, 1.165) is 22.6 Å². The Bertz CT molecular complexity index is 922. The van der Waals surface area contributed by atoms with Gasteiger partial charge in [0.2, 0.25) is 6.79 Å². The van der Waals surface area contributed by atoms with Crippen molar-refractivity contribution < 1.29 is 19.0 Å². The summed E-state index contributed by atoms with van der Waals surface area (Å²) in [5, 5.41) is 11.2. The highest BCUT2D eigenvalue weighted by molar-refractivity contribution is 6.30. The second-order valence-corrected chi connectivity index (χ2v) is 7.03. The molecule has 27 heavy (non-hydrogen) atoms. The highest BCUT2D eigenvalue weighted by Gasteiger charge is 2.18. The lowest BCUT2D eigenvalue weighted by Gasteiger charge is -2.20. The highest BCUT2D eigenvalue weighted by atomic mass is 35.5. The first kappa shape index (κ1) is 17.9. The fraction of sp³-hybridized carbons (Fsp3) is 0.238. The van der Waals surface area contributed by atoms with Crippen LogP contribution in [0.2, 0.25) is 5.02 Å². The largest absolute Gasteiger partial charge is 0.460 e.